The summed E-state index contributed by atoms with van der Waals surface area (Å²) in [5.74, 6) is -0.917. The molecule has 0 fully saturated rings. The van der Waals surface area contributed by atoms with E-state index in [9.17, 15) is 14.4 Å². The molecule has 0 spiro atoms. The van der Waals surface area contributed by atoms with Crippen molar-refractivity contribution in [3.63, 3.8) is 0 Å². The van der Waals surface area contributed by atoms with Gasteiger partial charge >= 0.3 is 0 Å². The lowest BCUT2D eigenvalue weighted by molar-refractivity contribution is -0.156. The van der Waals surface area contributed by atoms with Gasteiger partial charge in [-0.25, -0.2) is 0 Å². The van der Waals surface area contributed by atoms with Crippen LogP contribution in [0.25, 0.3) is 0 Å². The number of nitrogens with one attached hydrogen (secondary N) is 1. The van der Waals surface area contributed by atoms with Crippen LogP contribution in [0.15, 0.2) is 0 Å². The summed E-state index contributed by atoms with van der Waals surface area (Å²) in [6.07, 6.45) is 2.22. The highest BCUT2D eigenvalue weighted by molar-refractivity contribution is 6.02. The molecule has 3 amide bonds. The summed E-state index contributed by atoms with van der Waals surface area (Å²) in [6.45, 7) is 11.4. The van der Waals surface area contributed by atoms with E-state index in [1.54, 1.807) is 0 Å². The highest BCUT2D eigenvalue weighted by atomic mass is 16.2. The van der Waals surface area contributed by atoms with E-state index in [0.717, 1.165) is 11.3 Å². The maximum absolute atomic E-state index is 12.9. The molecule has 0 aliphatic carbocycles. The predicted molar refractivity (Wildman–Crippen MR) is 96.1 cm³/mol. The number of carbonyl (C=O) groups excluding carboxylic acids is 3. The molecular weight excluding hydrogens is 306 g/mol. The number of unbranched alkanes of at least 4 members (excludes halogenated alkanes) is 1. The SMILES string of the molecule is CCCCC(=O)N(C(=O)[C@@H](N)CC(C)C)[C@H](C(=O)NC)C(C)(C)C. The lowest BCUT2D eigenvalue weighted by Gasteiger charge is -2.38. The van der Waals surface area contributed by atoms with Crippen LogP contribution in [-0.2, 0) is 14.4 Å². The van der Waals surface area contributed by atoms with E-state index in [1.165, 1.54) is 7.05 Å². The zero-order chi connectivity index (χ0) is 19.1. The summed E-state index contributed by atoms with van der Waals surface area (Å²) in [4.78, 5) is 39.1. The van der Waals surface area contributed by atoms with Gasteiger partial charge in [0.2, 0.25) is 17.7 Å². The minimum Gasteiger partial charge on any atom is -0.357 e. The van der Waals surface area contributed by atoms with Crippen LogP contribution in [0.2, 0.25) is 0 Å². The largest absolute Gasteiger partial charge is 0.357 e. The summed E-state index contributed by atoms with van der Waals surface area (Å²) in [6, 6.07) is -1.66. The number of likely N-dealkylation sites (N-methyl/N-ethyl adjacent to an activating group) is 1. The Kier molecular flexibility index (Phi) is 9.18. The van der Waals surface area contributed by atoms with Crippen LogP contribution < -0.4 is 11.1 Å². The van der Waals surface area contributed by atoms with Crippen molar-refractivity contribution in [1.29, 1.82) is 0 Å². The van der Waals surface area contributed by atoms with E-state index in [0.29, 0.717) is 12.8 Å². The van der Waals surface area contributed by atoms with E-state index in [4.69, 9.17) is 5.73 Å². The molecule has 0 saturated heterocycles. The van der Waals surface area contributed by atoms with Crippen LogP contribution in [0.1, 0.15) is 67.2 Å². The van der Waals surface area contributed by atoms with Crippen LogP contribution in [0.3, 0.4) is 0 Å². The third-order valence-electron chi connectivity index (χ3n) is 3.87. The number of amides is 3. The summed E-state index contributed by atoms with van der Waals surface area (Å²) >= 11 is 0. The fourth-order valence-corrected chi connectivity index (χ4v) is 2.66. The topological polar surface area (TPSA) is 92.5 Å². The number of nitrogens with zero attached hydrogens (tertiary/aromatic N) is 1. The van der Waals surface area contributed by atoms with E-state index in [1.807, 2.05) is 41.5 Å². The van der Waals surface area contributed by atoms with E-state index in [2.05, 4.69) is 5.32 Å². The fourth-order valence-electron chi connectivity index (χ4n) is 2.66. The first-order valence-electron chi connectivity index (χ1n) is 8.80. The van der Waals surface area contributed by atoms with Crippen LogP contribution >= 0.6 is 0 Å². The number of nitrogens with two attached hydrogens (primary N) is 1. The smallest absolute Gasteiger partial charge is 0.246 e. The summed E-state index contributed by atoms with van der Waals surface area (Å²) in [5.41, 5.74) is 5.44. The molecule has 0 radical (unpaired) electrons. The quantitative estimate of drug-likeness (QED) is 0.707. The van der Waals surface area contributed by atoms with Crippen LogP contribution in [-0.4, -0.2) is 41.8 Å². The molecular formula is C18H35N3O3. The van der Waals surface area contributed by atoms with Crippen LogP contribution in [0.4, 0.5) is 0 Å². The first-order valence-corrected chi connectivity index (χ1v) is 8.80. The van der Waals surface area contributed by atoms with Crippen molar-refractivity contribution in [1.82, 2.24) is 10.2 Å². The van der Waals surface area contributed by atoms with Crippen molar-refractivity contribution in [3.8, 4) is 0 Å². The summed E-state index contributed by atoms with van der Waals surface area (Å²) in [5, 5.41) is 2.57. The Bertz CT molecular complexity index is 441. The molecule has 0 aromatic rings. The molecule has 0 bridgehead atoms. The molecule has 6 heteroatoms. The Morgan fingerprint density at radius 3 is 2.08 bits per heavy atom. The van der Waals surface area contributed by atoms with Gasteiger partial charge in [-0.1, -0.05) is 48.0 Å². The Balaban J connectivity index is 5.78. The van der Waals surface area contributed by atoms with E-state index in [-0.39, 0.29) is 24.2 Å². The highest BCUT2D eigenvalue weighted by Gasteiger charge is 2.43. The van der Waals surface area contributed by atoms with Crippen molar-refractivity contribution < 1.29 is 14.4 Å². The number of hydrogen-bond acceptors (Lipinski definition) is 4. The van der Waals surface area contributed by atoms with Crippen molar-refractivity contribution in [2.24, 2.45) is 17.1 Å². The second-order valence-electron chi connectivity index (χ2n) is 7.82. The zero-order valence-electron chi connectivity index (χ0n) is 16.3. The van der Waals surface area contributed by atoms with Gasteiger partial charge in [-0.15, -0.1) is 0 Å². The first kappa shape index (κ1) is 22.6. The minimum atomic E-state index is -0.877. The van der Waals surface area contributed by atoms with E-state index < -0.39 is 23.4 Å². The van der Waals surface area contributed by atoms with Crippen molar-refractivity contribution in [2.45, 2.75) is 79.3 Å². The third kappa shape index (κ3) is 6.59. The highest BCUT2D eigenvalue weighted by Crippen LogP contribution is 2.27. The zero-order valence-corrected chi connectivity index (χ0v) is 16.3. The van der Waals surface area contributed by atoms with Crippen LogP contribution in [0.5, 0.6) is 0 Å². The maximum Gasteiger partial charge on any atom is 0.246 e. The molecule has 140 valence electrons. The van der Waals surface area contributed by atoms with Gasteiger partial charge < -0.3 is 11.1 Å². The van der Waals surface area contributed by atoms with Crippen molar-refractivity contribution >= 4 is 17.7 Å². The molecule has 0 aromatic heterocycles. The molecule has 0 aliphatic heterocycles. The Morgan fingerprint density at radius 2 is 1.71 bits per heavy atom. The second kappa shape index (κ2) is 9.77. The Labute approximate surface area is 146 Å². The molecule has 0 aromatic carbocycles. The Morgan fingerprint density at radius 1 is 1.17 bits per heavy atom. The molecule has 3 N–H and O–H groups in total. The minimum absolute atomic E-state index is 0.227. The second-order valence-corrected chi connectivity index (χ2v) is 7.82. The van der Waals surface area contributed by atoms with Gasteiger partial charge in [0.05, 0.1) is 6.04 Å². The van der Waals surface area contributed by atoms with Crippen molar-refractivity contribution in [2.75, 3.05) is 7.05 Å². The molecule has 6 nitrogen and oxygen atoms in total. The molecule has 2 atom stereocenters. The fraction of sp³-hybridized carbons (Fsp3) is 0.833. The molecule has 0 rings (SSSR count). The van der Waals surface area contributed by atoms with Crippen molar-refractivity contribution in [3.05, 3.63) is 0 Å². The van der Waals surface area contributed by atoms with Gasteiger partial charge in [-0.3, -0.25) is 19.3 Å². The normalized spacial score (nSPS) is 14.2. The Hall–Kier alpha value is -1.43. The van der Waals surface area contributed by atoms with Gasteiger partial charge in [-0.05, 0) is 24.2 Å². The first-order chi connectivity index (χ1) is 11.0. The van der Waals surface area contributed by atoms with Crippen LogP contribution in [0, 0.1) is 11.3 Å². The number of carbonyl (C=O) groups is 3. The number of hydrogen-bond donors (Lipinski definition) is 2. The predicted octanol–water partition coefficient (Wildman–Crippen LogP) is 2.07. The summed E-state index contributed by atoms with van der Waals surface area (Å²) < 4.78 is 0. The molecule has 0 aliphatic rings. The monoisotopic (exact) mass is 341 g/mol. The standard InChI is InChI=1S/C18H35N3O3/c1-8-9-10-14(22)21(17(24)13(19)11-12(2)3)15(16(23)20-7)18(4,5)6/h12-13,15H,8-11,19H2,1-7H3,(H,20,23)/t13-,15+/m0/s1. The van der Waals surface area contributed by atoms with Gasteiger partial charge in [0.15, 0.2) is 0 Å². The molecule has 0 heterocycles. The number of rotatable bonds is 8. The molecule has 0 saturated carbocycles. The average Bonchev–Trinajstić information content (AvgIpc) is 2.46. The van der Waals surface area contributed by atoms with Gasteiger partial charge in [0.25, 0.3) is 0 Å². The lowest BCUT2D eigenvalue weighted by atomic mass is 9.84. The molecule has 0 unspecified atom stereocenters. The lowest BCUT2D eigenvalue weighted by Crippen LogP contribution is -2.60. The van der Waals surface area contributed by atoms with Gasteiger partial charge in [-0.2, -0.15) is 0 Å². The number of imide groups is 1. The maximum atomic E-state index is 12.9. The third-order valence-corrected chi connectivity index (χ3v) is 3.87. The van der Waals surface area contributed by atoms with E-state index >= 15 is 0 Å². The molecule has 24 heavy (non-hydrogen) atoms. The van der Waals surface area contributed by atoms with Gasteiger partial charge in [0, 0.05) is 13.5 Å². The van der Waals surface area contributed by atoms with Gasteiger partial charge in [0.1, 0.15) is 6.04 Å². The average molecular weight is 341 g/mol. The summed E-state index contributed by atoms with van der Waals surface area (Å²) in [7, 11) is 1.51.